The first kappa shape index (κ1) is 19.2. The van der Waals surface area contributed by atoms with E-state index in [1.54, 1.807) is 24.3 Å². The summed E-state index contributed by atoms with van der Waals surface area (Å²) in [5.74, 6) is -2.30. The Bertz CT molecular complexity index is 842. The van der Waals surface area contributed by atoms with Crippen LogP contribution in [0.2, 0.25) is 5.02 Å². The summed E-state index contributed by atoms with van der Waals surface area (Å²) in [6.07, 6.45) is -0.658. The number of halogens is 1. The second-order valence-electron chi connectivity index (χ2n) is 6.18. The van der Waals surface area contributed by atoms with Crippen molar-refractivity contribution < 1.29 is 33.6 Å². The molecule has 0 aromatic heterocycles. The van der Waals surface area contributed by atoms with Gasteiger partial charge in [-0.15, -0.1) is 0 Å². The van der Waals surface area contributed by atoms with E-state index in [2.05, 4.69) is 0 Å². The molecule has 0 saturated carbocycles. The normalized spacial score (nSPS) is 29.9. The van der Waals surface area contributed by atoms with Crippen molar-refractivity contribution in [2.75, 3.05) is 7.11 Å². The molecule has 3 rings (SSSR count). The van der Waals surface area contributed by atoms with Gasteiger partial charge in [0.15, 0.2) is 11.6 Å². The summed E-state index contributed by atoms with van der Waals surface area (Å²) in [7, 11) is 1.32. The van der Waals surface area contributed by atoms with E-state index in [0.717, 1.165) is 6.08 Å². The molecule has 2 aliphatic rings. The van der Waals surface area contributed by atoms with Crippen LogP contribution in [0.1, 0.15) is 18.4 Å². The molecule has 1 saturated heterocycles. The minimum absolute atomic E-state index is 0.0621. The van der Waals surface area contributed by atoms with E-state index in [-0.39, 0.29) is 29.2 Å². The number of nitrogens with two attached hydrogens (primary N) is 2. The molecule has 144 valence electrons. The molecule has 27 heavy (non-hydrogen) atoms. The minimum atomic E-state index is -1.94. The van der Waals surface area contributed by atoms with Gasteiger partial charge in [0, 0.05) is 17.0 Å². The first-order valence-electron chi connectivity index (χ1n) is 7.94. The summed E-state index contributed by atoms with van der Waals surface area (Å²) in [4.78, 5) is 46.0. The first-order valence-corrected chi connectivity index (χ1v) is 8.32. The molecule has 10 heteroatoms. The van der Waals surface area contributed by atoms with Gasteiger partial charge in [-0.05, 0) is 12.5 Å². The van der Waals surface area contributed by atoms with Gasteiger partial charge in [-0.2, -0.15) is 4.89 Å². The Morgan fingerprint density at radius 3 is 2.67 bits per heavy atom. The molecule has 0 bridgehead atoms. The first-order chi connectivity index (χ1) is 12.8. The Balaban J connectivity index is 2.24. The van der Waals surface area contributed by atoms with Gasteiger partial charge in [-0.1, -0.05) is 29.8 Å². The Hall–Kier alpha value is -2.62. The van der Waals surface area contributed by atoms with Gasteiger partial charge in [0.25, 0.3) is 0 Å². The Morgan fingerprint density at radius 2 is 2.04 bits per heavy atom. The topological polar surface area (TPSA) is 140 Å². The summed E-state index contributed by atoms with van der Waals surface area (Å²) in [5.41, 5.74) is 8.05. The van der Waals surface area contributed by atoms with Crippen molar-refractivity contribution in [3.05, 3.63) is 46.7 Å². The van der Waals surface area contributed by atoms with Gasteiger partial charge in [0.05, 0.1) is 13.2 Å². The van der Waals surface area contributed by atoms with Crippen LogP contribution < -0.4 is 11.5 Å². The molecular weight excluding hydrogens is 380 g/mol. The SMILES string of the molecule is COC1=CC(=O)OC1C1(c2ccccc2Cl)OOC(=O)[C@@]1(N)CCC(N)=O. The summed E-state index contributed by atoms with van der Waals surface area (Å²) < 4.78 is 10.6. The quantitative estimate of drug-likeness (QED) is 0.521. The van der Waals surface area contributed by atoms with E-state index < -0.39 is 35.1 Å². The standard InChI is InChI=1S/C17H17ClN2O7/c1-24-11-8-13(22)25-14(11)17(9-4-2-3-5-10(9)18)16(20,7-6-12(19)21)15(23)26-27-17/h2-5,8,14H,6-7,20H2,1H3,(H2,19,21)/t14?,16-,17?/m0/s1. The van der Waals surface area contributed by atoms with Gasteiger partial charge in [-0.3, -0.25) is 9.68 Å². The largest absolute Gasteiger partial charge is 0.497 e. The number of ether oxygens (including phenoxy) is 2. The Morgan fingerprint density at radius 1 is 1.33 bits per heavy atom. The molecule has 3 atom stereocenters. The fourth-order valence-electron chi connectivity index (χ4n) is 3.33. The zero-order chi connectivity index (χ0) is 19.8. The maximum absolute atomic E-state index is 12.6. The maximum Gasteiger partial charge on any atom is 0.365 e. The van der Waals surface area contributed by atoms with Gasteiger partial charge in [0.1, 0.15) is 5.76 Å². The lowest BCUT2D eigenvalue weighted by atomic mass is 9.69. The third-order valence-electron chi connectivity index (χ3n) is 4.67. The lowest BCUT2D eigenvalue weighted by molar-refractivity contribution is -0.320. The molecule has 0 radical (unpaired) electrons. The summed E-state index contributed by atoms with van der Waals surface area (Å²) in [5, 5.41) is 0.183. The highest BCUT2D eigenvalue weighted by molar-refractivity contribution is 6.31. The Kier molecular flexibility index (Phi) is 4.85. The van der Waals surface area contributed by atoms with E-state index in [0.29, 0.717) is 0 Å². The number of carbonyl (C=O) groups is 3. The van der Waals surface area contributed by atoms with E-state index in [4.69, 9.17) is 42.3 Å². The van der Waals surface area contributed by atoms with Crippen molar-refractivity contribution >= 4 is 29.4 Å². The lowest BCUT2D eigenvalue weighted by Crippen LogP contribution is -2.65. The van der Waals surface area contributed by atoms with Crippen LogP contribution >= 0.6 is 11.6 Å². The average molecular weight is 397 g/mol. The van der Waals surface area contributed by atoms with Crippen molar-refractivity contribution in [3.8, 4) is 0 Å². The molecule has 1 aromatic rings. The second kappa shape index (κ2) is 6.84. The maximum atomic E-state index is 12.6. The monoisotopic (exact) mass is 396 g/mol. The number of methoxy groups -OCH3 is 1. The molecule has 2 heterocycles. The second-order valence-corrected chi connectivity index (χ2v) is 6.58. The fraction of sp³-hybridized carbons (Fsp3) is 0.353. The van der Waals surface area contributed by atoms with Crippen LogP contribution in [0.3, 0.4) is 0 Å². The van der Waals surface area contributed by atoms with Crippen molar-refractivity contribution in [1.82, 2.24) is 0 Å². The number of hydrogen-bond donors (Lipinski definition) is 2. The van der Waals surface area contributed by atoms with Crippen molar-refractivity contribution in [1.29, 1.82) is 0 Å². The van der Waals surface area contributed by atoms with Crippen LogP contribution in [-0.4, -0.2) is 36.6 Å². The fourth-order valence-corrected chi connectivity index (χ4v) is 3.60. The summed E-state index contributed by atoms with van der Waals surface area (Å²) in [6.45, 7) is 0. The van der Waals surface area contributed by atoms with Gasteiger partial charge >= 0.3 is 11.9 Å². The molecule has 4 N–H and O–H groups in total. The molecule has 9 nitrogen and oxygen atoms in total. The third kappa shape index (κ3) is 2.84. The summed E-state index contributed by atoms with van der Waals surface area (Å²) >= 11 is 6.34. The highest BCUT2D eigenvalue weighted by atomic mass is 35.5. The van der Waals surface area contributed by atoms with Crippen LogP contribution in [0.15, 0.2) is 36.1 Å². The van der Waals surface area contributed by atoms with Crippen LogP contribution in [-0.2, 0) is 39.2 Å². The van der Waals surface area contributed by atoms with E-state index in [1.807, 2.05) is 0 Å². The van der Waals surface area contributed by atoms with Gasteiger partial charge in [0.2, 0.25) is 11.5 Å². The average Bonchev–Trinajstić information content (AvgIpc) is 3.13. The third-order valence-corrected chi connectivity index (χ3v) is 5.00. The van der Waals surface area contributed by atoms with E-state index in [9.17, 15) is 14.4 Å². The highest BCUT2D eigenvalue weighted by Crippen LogP contribution is 2.52. The number of esters is 1. The van der Waals surface area contributed by atoms with Crippen LogP contribution in [0.5, 0.6) is 0 Å². The van der Waals surface area contributed by atoms with Gasteiger partial charge < -0.3 is 20.9 Å². The predicted octanol–water partition coefficient (Wildman–Crippen LogP) is 0.442. The number of primary amides is 1. The summed E-state index contributed by atoms with van der Waals surface area (Å²) in [6, 6.07) is 6.39. The van der Waals surface area contributed by atoms with Gasteiger partial charge in [-0.25, -0.2) is 9.59 Å². The minimum Gasteiger partial charge on any atom is -0.497 e. The Labute approximate surface area is 159 Å². The van der Waals surface area contributed by atoms with E-state index >= 15 is 0 Å². The number of cyclic esters (lactones) is 1. The van der Waals surface area contributed by atoms with E-state index in [1.165, 1.54) is 7.11 Å². The van der Waals surface area contributed by atoms with Crippen LogP contribution in [0, 0.1) is 0 Å². The number of benzene rings is 1. The van der Waals surface area contributed by atoms with Crippen molar-refractivity contribution in [3.63, 3.8) is 0 Å². The molecule has 0 spiro atoms. The lowest BCUT2D eigenvalue weighted by Gasteiger charge is -2.40. The number of hydrogen-bond acceptors (Lipinski definition) is 8. The molecule has 2 aliphatic heterocycles. The number of rotatable bonds is 6. The smallest absolute Gasteiger partial charge is 0.365 e. The highest BCUT2D eigenvalue weighted by Gasteiger charge is 2.71. The molecule has 1 fully saturated rings. The molecule has 1 aromatic carbocycles. The van der Waals surface area contributed by atoms with Crippen LogP contribution in [0.4, 0.5) is 0 Å². The molecule has 2 unspecified atom stereocenters. The number of amides is 1. The predicted molar refractivity (Wildman–Crippen MR) is 90.6 cm³/mol. The van der Waals surface area contributed by atoms with Crippen LogP contribution in [0.25, 0.3) is 0 Å². The zero-order valence-corrected chi connectivity index (χ0v) is 15.0. The van der Waals surface area contributed by atoms with Crippen molar-refractivity contribution in [2.24, 2.45) is 11.5 Å². The molecular formula is C17H17ClN2O7. The number of carbonyl (C=O) groups excluding carboxylic acids is 3. The zero-order valence-electron chi connectivity index (χ0n) is 14.3. The molecule has 0 aliphatic carbocycles. The molecule has 1 amide bonds. The van der Waals surface area contributed by atoms with Crippen molar-refractivity contribution in [2.45, 2.75) is 30.1 Å².